The van der Waals surface area contributed by atoms with Crippen LogP contribution in [0.1, 0.15) is 29.6 Å². The molecular formula is C18H20N4O. The molecule has 1 aromatic rings. The van der Waals surface area contributed by atoms with Crippen LogP contribution in [-0.2, 0) is 0 Å². The lowest BCUT2D eigenvalue weighted by molar-refractivity contribution is 0.0993. The Morgan fingerprint density at radius 2 is 2.22 bits per heavy atom. The largest absolute Gasteiger partial charge is 0.353 e. The van der Waals surface area contributed by atoms with Gasteiger partial charge in [0, 0.05) is 44.4 Å². The van der Waals surface area contributed by atoms with Crippen molar-refractivity contribution in [1.29, 1.82) is 5.26 Å². The third-order valence-electron chi connectivity index (χ3n) is 4.19. The van der Waals surface area contributed by atoms with Gasteiger partial charge in [-0.2, -0.15) is 5.26 Å². The molecule has 0 spiro atoms. The number of ketones is 1. The van der Waals surface area contributed by atoms with Crippen LogP contribution >= 0.6 is 0 Å². The van der Waals surface area contributed by atoms with Gasteiger partial charge in [0.1, 0.15) is 5.82 Å². The number of aromatic nitrogens is 1. The Kier molecular flexibility index (Phi) is 4.84. The zero-order chi connectivity index (χ0) is 16.1. The number of piperazine rings is 1. The molecule has 23 heavy (non-hydrogen) atoms. The van der Waals surface area contributed by atoms with Crippen LogP contribution in [0.15, 0.2) is 41.6 Å². The van der Waals surface area contributed by atoms with Gasteiger partial charge in [-0.05, 0) is 36.6 Å². The van der Waals surface area contributed by atoms with E-state index in [9.17, 15) is 4.79 Å². The quantitative estimate of drug-likeness (QED) is 0.864. The summed E-state index contributed by atoms with van der Waals surface area (Å²) in [7, 11) is 0. The van der Waals surface area contributed by atoms with Gasteiger partial charge in [0.15, 0.2) is 5.78 Å². The van der Waals surface area contributed by atoms with E-state index in [-0.39, 0.29) is 5.78 Å². The minimum absolute atomic E-state index is 0.0633. The first-order valence-electron chi connectivity index (χ1n) is 8.01. The van der Waals surface area contributed by atoms with Crippen LogP contribution in [0, 0.1) is 11.3 Å². The van der Waals surface area contributed by atoms with Crippen LogP contribution in [0.25, 0.3) is 0 Å². The third kappa shape index (κ3) is 3.66. The Morgan fingerprint density at radius 1 is 1.39 bits per heavy atom. The minimum atomic E-state index is 0.0633. The second-order valence-electron chi connectivity index (χ2n) is 5.81. The Bertz CT molecular complexity index is 693. The van der Waals surface area contributed by atoms with Gasteiger partial charge in [0.05, 0.1) is 11.6 Å². The second-order valence-corrected chi connectivity index (χ2v) is 5.81. The number of hydrogen-bond acceptors (Lipinski definition) is 5. The number of rotatable bonds is 4. The summed E-state index contributed by atoms with van der Waals surface area (Å²) >= 11 is 0. The number of nitriles is 1. The Hall–Kier alpha value is -2.45. The van der Waals surface area contributed by atoms with Crippen molar-refractivity contribution in [2.24, 2.45) is 0 Å². The molecule has 0 bridgehead atoms. The molecule has 118 valence electrons. The Labute approximate surface area is 136 Å². The molecule has 2 aliphatic rings. The topological polar surface area (TPSA) is 69.0 Å². The molecule has 0 amide bonds. The van der Waals surface area contributed by atoms with E-state index in [0.29, 0.717) is 12.0 Å². The molecule has 1 aliphatic heterocycles. The van der Waals surface area contributed by atoms with E-state index in [2.05, 4.69) is 27.3 Å². The van der Waals surface area contributed by atoms with Crippen LogP contribution < -0.4 is 10.2 Å². The minimum Gasteiger partial charge on any atom is -0.353 e. The molecule has 1 aromatic heterocycles. The number of anilines is 1. The third-order valence-corrected chi connectivity index (χ3v) is 4.19. The van der Waals surface area contributed by atoms with E-state index in [0.717, 1.165) is 56.0 Å². The molecule has 3 rings (SSSR count). The smallest absolute Gasteiger partial charge is 0.170 e. The van der Waals surface area contributed by atoms with Gasteiger partial charge in [0.25, 0.3) is 0 Å². The number of pyridine rings is 1. The fourth-order valence-corrected chi connectivity index (χ4v) is 3.00. The predicted octanol–water partition coefficient (Wildman–Crippen LogP) is 2.23. The van der Waals surface area contributed by atoms with Crippen molar-refractivity contribution >= 4 is 11.6 Å². The van der Waals surface area contributed by atoms with Crippen LogP contribution in [-0.4, -0.2) is 36.9 Å². The van der Waals surface area contributed by atoms with Crippen molar-refractivity contribution < 1.29 is 4.79 Å². The van der Waals surface area contributed by atoms with Crippen molar-refractivity contribution in [3.05, 3.63) is 47.2 Å². The molecule has 1 saturated heterocycles. The normalized spacial score (nSPS) is 18.0. The molecule has 0 unspecified atom stereocenters. The van der Waals surface area contributed by atoms with Crippen molar-refractivity contribution in [2.75, 3.05) is 31.1 Å². The molecular weight excluding hydrogens is 288 g/mol. The number of nitrogens with one attached hydrogen (secondary N) is 1. The van der Waals surface area contributed by atoms with E-state index in [1.54, 1.807) is 6.20 Å². The highest BCUT2D eigenvalue weighted by Crippen LogP contribution is 2.24. The van der Waals surface area contributed by atoms with Crippen LogP contribution in [0.3, 0.4) is 0 Å². The van der Waals surface area contributed by atoms with Crippen LogP contribution in [0.4, 0.5) is 5.82 Å². The summed E-state index contributed by atoms with van der Waals surface area (Å²) in [5, 5.41) is 12.3. The molecule has 1 aliphatic carbocycles. The van der Waals surface area contributed by atoms with Gasteiger partial charge < -0.3 is 10.2 Å². The van der Waals surface area contributed by atoms with Crippen LogP contribution in [0.2, 0.25) is 0 Å². The van der Waals surface area contributed by atoms with Crippen molar-refractivity contribution in [1.82, 2.24) is 10.3 Å². The van der Waals surface area contributed by atoms with Gasteiger partial charge in [-0.25, -0.2) is 4.98 Å². The molecule has 0 saturated carbocycles. The van der Waals surface area contributed by atoms with E-state index in [4.69, 9.17) is 5.26 Å². The van der Waals surface area contributed by atoms with Gasteiger partial charge in [-0.3, -0.25) is 4.79 Å². The standard InChI is InChI=1S/C18H20N4O/c19-13-15-4-1-3-14(11-15)12-17(23)16-5-2-6-21-18(16)22-9-7-20-8-10-22/h2-3,5-6,11,20H,1,4,7-10,12H2. The zero-order valence-corrected chi connectivity index (χ0v) is 13.1. The van der Waals surface area contributed by atoms with E-state index < -0.39 is 0 Å². The molecule has 5 heteroatoms. The zero-order valence-electron chi connectivity index (χ0n) is 13.1. The summed E-state index contributed by atoms with van der Waals surface area (Å²) < 4.78 is 0. The molecule has 1 N–H and O–H groups in total. The van der Waals surface area contributed by atoms with Crippen molar-refractivity contribution in [2.45, 2.75) is 19.3 Å². The number of hydrogen-bond donors (Lipinski definition) is 1. The number of carbonyl (C=O) groups excluding carboxylic acids is 1. The predicted molar refractivity (Wildman–Crippen MR) is 89.3 cm³/mol. The first kappa shape index (κ1) is 15.4. The maximum Gasteiger partial charge on any atom is 0.170 e. The summed E-state index contributed by atoms with van der Waals surface area (Å²) in [6.45, 7) is 3.53. The lowest BCUT2D eigenvalue weighted by Crippen LogP contribution is -2.44. The molecule has 0 aromatic carbocycles. The van der Waals surface area contributed by atoms with Gasteiger partial charge in [-0.15, -0.1) is 0 Å². The molecule has 1 fully saturated rings. The first-order chi connectivity index (χ1) is 11.3. The SMILES string of the molecule is N#CC1=CC(CC(=O)c2cccnc2N2CCNCC2)=CCC1. The number of nitrogens with zero attached hydrogens (tertiary/aromatic N) is 3. The summed E-state index contributed by atoms with van der Waals surface area (Å²) in [4.78, 5) is 19.3. The highest BCUT2D eigenvalue weighted by Gasteiger charge is 2.20. The molecule has 2 heterocycles. The summed E-state index contributed by atoms with van der Waals surface area (Å²) in [6.07, 6.45) is 7.58. The maximum atomic E-state index is 12.7. The Balaban J connectivity index is 1.79. The lowest BCUT2D eigenvalue weighted by Gasteiger charge is -2.29. The fourth-order valence-electron chi connectivity index (χ4n) is 3.00. The first-order valence-corrected chi connectivity index (χ1v) is 8.01. The van der Waals surface area contributed by atoms with Crippen molar-refractivity contribution in [3.63, 3.8) is 0 Å². The number of Topliss-reactive ketones (excluding diaryl/α,β-unsaturated/α-hetero) is 1. The highest BCUT2D eigenvalue weighted by molar-refractivity contribution is 6.02. The maximum absolute atomic E-state index is 12.7. The lowest BCUT2D eigenvalue weighted by atomic mass is 9.95. The number of allylic oxidation sites excluding steroid dienone is 4. The summed E-state index contributed by atoms with van der Waals surface area (Å²) in [5.41, 5.74) is 2.37. The summed E-state index contributed by atoms with van der Waals surface area (Å²) in [5.74, 6) is 0.841. The van der Waals surface area contributed by atoms with Gasteiger partial charge >= 0.3 is 0 Å². The van der Waals surface area contributed by atoms with E-state index in [1.165, 1.54) is 0 Å². The van der Waals surface area contributed by atoms with E-state index in [1.807, 2.05) is 18.2 Å². The second kappa shape index (κ2) is 7.21. The monoisotopic (exact) mass is 308 g/mol. The summed E-state index contributed by atoms with van der Waals surface area (Å²) in [6, 6.07) is 5.85. The Morgan fingerprint density at radius 3 is 3.00 bits per heavy atom. The highest BCUT2D eigenvalue weighted by atomic mass is 16.1. The fraction of sp³-hybridized carbons (Fsp3) is 0.389. The molecule has 0 radical (unpaired) electrons. The van der Waals surface area contributed by atoms with Crippen LogP contribution in [0.5, 0.6) is 0 Å². The molecule has 0 atom stereocenters. The number of carbonyl (C=O) groups is 1. The van der Waals surface area contributed by atoms with E-state index >= 15 is 0 Å². The van der Waals surface area contributed by atoms with Gasteiger partial charge in [-0.1, -0.05) is 6.08 Å². The average molecular weight is 308 g/mol. The molecule has 5 nitrogen and oxygen atoms in total. The average Bonchev–Trinajstić information content (AvgIpc) is 2.62. The van der Waals surface area contributed by atoms with Gasteiger partial charge in [0.2, 0.25) is 0 Å². The van der Waals surface area contributed by atoms with Crippen molar-refractivity contribution in [3.8, 4) is 6.07 Å².